The molecule has 142 valence electrons. The summed E-state index contributed by atoms with van der Waals surface area (Å²) >= 11 is 1.33. The van der Waals surface area contributed by atoms with Gasteiger partial charge in [0.1, 0.15) is 5.54 Å². The van der Waals surface area contributed by atoms with Crippen LogP contribution in [0, 0.1) is 0 Å². The van der Waals surface area contributed by atoms with Gasteiger partial charge in [0.05, 0.1) is 4.88 Å². The van der Waals surface area contributed by atoms with E-state index in [9.17, 15) is 19.5 Å². The summed E-state index contributed by atoms with van der Waals surface area (Å²) in [5, 5.41) is 14.4. The Balaban J connectivity index is 1.80. The van der Waals surface area contributed by atoms with E-state index >= 15 is 0 Å². The van der Waals surface area contributed by atoms with Crippen LogP contribution in [0.5, 0.6) is 0 Å². The third-order valence-electron chi connectivity index (χ3n) is 5.14. The van der Waals surface area contributed by atoms with Crippen LogP contribution in [0.1, 0.15) is 52.1 Å². The second kappa shape index (κ2) is 7.92. The lowest BCUT2D eigenvalue weighted by Crippen LogP contribution is -2.56. The second-order valence-corrected chi connectivity index (χ2v) is 7.72. The number of nitrogens with one attached hydrogen (secondary N) is 1. The van der Waals surface area contributed by atoms with Crippen molar-refractivity contribution in [3.8, 4) is 0 Å². The first-order valence-corrected chi connectivity index (χ1v) is 9.78. The van der Waals surface area contributed by atoms with E-state index in [1.807, 2.05) is 5.38 Å². The highest BCUT2D eigenvalue weighted by molar-refractivity contribution is 7.12. The minimum atomic E-state index is -1.16. The molecule has 0 saturated heterocycles. The molecule has 1 aliphatic rings. The predicted octanol–water partition coefficient (Wildman–Crippen LogP) is 3.86. The Morgan fingerprint density at radius 3 is 2.48 bits per heavy atom. The van der Waals surface area contributed by atoms with Gasteiger partial charge in [-0.1, -0.05) is 31.4 Å². The van der Waals surface area contributed by atoms with Crippen molar-refractivity contribution in [2.45, 2.75) is 37.6 Å². The third kappa shape index (κ3) is 3.88. The van der Waals surface area contributed by atoms with Crippen molar-refractivity contribution in [3.63, 3.8) is 0 Å². The van der Waals surface area contributed by atoms with E-state index < -0.39 is 11.5 Å². The van der Waals surface area contributed by atoms with Crippen LogP contribution in [0.3, 0.4) is 0 Å². The van der Waals surface area contributed by atoms with Gasteiger partial charge in [-0.3, -0.25) is 9.59 Å². The summed E-state index contributed by atoms with van der Waals surface area (Å²) in [6.07, 6.45) is 3.49. The maximum atomic E-state index is 13.0. The summed E-state index contributed by atoms with van der Waals surface area (Å²) in [6.45, 7) is 0. The number of likely N-dealkylation sites (N-methyl/N-ethyl adjacent to an activating group) is 1. The van der Waals surface area contributed by atoms with Crippen molar-refractivity contribution in [1.29, 1.82) is 0 Å². The van der Waals surface area contributed by atoms with Gasteiger partial charge in [-0.15, -0.1) is 11.3 Å². The fourth-order valence-corrected chi connectivity index (χ4v) is 4.17. The molecule has 0 bridgehead atoms. The monoisotopic (exact) mass is 386 g/mol. The zero-order chi connectivity index (χ0) is 19.4. The van der Waals surface area contributed by atoms with Crippen LogP contribution in [-0.4, -0.2) is 40.4 Å². The number of hydrogen-bond donors (Lipinski definition) is 2. The average Bonchev–Trinajstić information content (AvgIpc) is 3.22. The minimum absolute atomic E-state index is 0.239. The van der Waals surface area contributed by atoms with Gasteiger partial charge in [-0.25, -0.2) is 4.79 Å². The number of nitrogens with zero attached hydrogens (tertiary/aromatic N) is 1. The van der Waals surface area contributed by atoms with E-state index in [4.69, 9.17) is 0 Å². The standard InChI is InChI=1S/C20H22N2O4S/c1-22(20(19(25)26)10-3-2-4-11-20)18(24)14-7-5-8-15(13-14)21-17(23)16-9-6-12-27-16/h5-9,12-13H,2-4,10-11H2,1H3,(H,21,23)(H,25,26). The highest BCUT2D eigenvalue weighted by Crippen LogP contribution is 2.34. The molecule has 0 aliphatic heterocycles. The molecule has 1 heterocycles. The fraction of sp³-hybridized carbons (Fsp3) is 0.350. The quantitative estimate of drug-likeness (QED) is 0.817. The van der Waals surface area contributed by atoms with Gasteiger partial charge in [-0.05, 0) is 42.5 Å². The van der Waals surface area contributed by atoms with E-state index in [1.165, 1.54) is 16.2 Å². The van der Waals surface area contributed by atoms with Crippen molar-refractivity contribution >= 4 is 34.8 Å². The van der Waals surface area contributed by atoms with Crippen LogP contribution in [0.2, 0.25) is 0 Å². The van der Waals surface area contributed by atoms with Crippen LogP contribution in [-0.2, 0) is 4.79 Å². The molecule has 0 unspecified atom stereocenters. The summed E-state index contributed by atoms with van der Waals surface area (Å²) in [6, 6.07) is 10.1. The number of rotatable bonds is 5. The number of hydrogen-bond acceptors (Lipinski definition) is 4. The number of benzene rings is 1. The summed E-state index contributed by atoms with van der Waals surface area (Å²) in [4.78, 5) is 39.1. The molecule has 2 N–H and O–H groups in total. The van der Waals surface area contributed by atoms with E-state index in [0.717, 1.165) is 19.3 Å². The number of amides is 2. The first-order chi connectivity index (χ1) is 12.9. The smallest absolute Gasteiger partial charge is 0.329 e. The largest absolute Gasteiger partial charge is 0.479 e. The van der Waals surface area contributed by atoms with Crippen molar-refractivity contribution in [1.82, 2.24) is 4.90 Å². The van der Waals surface area contributed by atoms with Gasteiger partial charge in [0.25, 0.3) is 11.8 Å². The topological polar surface area (TPSA) is 86.7 Å². The molecule has 1 aromatic carbocycles. The molecule has 0 radical (unpaired) electrons. The summed E-state index contributed by atoms with van der Waals surface area (Å²) in [5.41, 5.74) is -0.306. The molecule has 3 rings (SSSR count). The van der Waals surface area contributed by atoms with Crippen LogP contribution >= 0.6 is 11.3 Å². The van der Waals surface area contributed by atoms with E-state index in [-0.39, 0.29) is 11.8 Å². The third-order valence-corrected chi connectivity index (χ3v) is 6.01. The predicted molar refractivity (Wildman–Crippen MR) is 104 cm³/mol. The molecule has 1 aliphatic carbocycles. The number of carboxylic acid groups (broad SMARTS) is 1. The van der Waals surface area contributed by atoms with E-state index in [2.05, 4.69) is 5.32 Å². The molecular weight excluding hydrogens is 364 g/mol. The van der Waals surface area contributed by atoms with Gasteiger partial charge in [0.2, 0.25) is 0 Å². The normalized spacial score (nSPS) is 15.7. The first-order valence-electron chi connectivity index (χ1n) is 8.90. The SMILES string of the molecule is CN(C(=O)c1cccc(NC(=O)c2cccs2)c1)C1(C(=O)O)CCCCC1. The maximum Gasteiger partial charge on any atom is 0.329 e. The second-order valence-electron chi connectivity index (χ2n) is 6.77. The van der Waals surface area contributed by atoms with Crippen LogP contribution in [0.25, 0.3) is 0 Å². The van der Waals surface area contributed by atoms with Crippen LogP contribution < -0.4 is 5.32 Å². The molecule has 6 nitrogen and oxygen atoms in total. The zero-order valence-electron chi connectivity index (χ0n) is 15.1. The van der Waals surface area contributed by atoms with Gasteiger partial charge >= 0.3 is 5.97 Å². The fourth-order valence-electron chi connectivity index (χ4n) is 3.55. The molecule has 2 amide bonds. The Morgan fingerprint density at radius 2 is 1.85 bits per heavy atom. The number of aliphatic carboxylic acids is 1. The average molecular weight is 386 g/mol. The summed E-state index contributed by atoms with van der Waals surface area (Å²) in [7, 11) is 1.55. The summed E-state index contributed by atoms with van der Waals surface area (Å²) in [5.74, 6) is -1.55. The Morgan fingerprint density at radius 1 is 1.11 bits per heavy atom. The summed E-state index contributed by atoms with van der Waals surface area (Å²) < 4.78 is 0. The Bertz CT molecular complexity index is 841. The first kappa shape index (κ1) is 19.1. The molecule has 1 saturated carbocycles. The number of thiophene rings is 1. The number of carbonyl (C=O) groups is 3. The van der Waals surface area contributed by atoms with Gasteiger partial charge in [-0.2, -0.15) is 0 Å². The molecular formula is C20H22N2O4S. The molecule has 27 heavy (non-hydrogen) atoms. The van der Waals surface area contributed by atoms with Crippen molar-refractivity contribution in [2.75, 3.05) is 12.4 Å². The lowest BCUT2D eigenvalue weighted by Gasteiger charge is -2.41. The van der Waals surface area contributed by atoms with Crippen molar-refractivity contribution < 1.29 is 19.5 Å². The lowest BCUT2D eigenvalue weighted by molar-refractivity contribution is -0.151. The highest BCUT2D eigenvalue weighted by Gasteiger charge is 2.45. The Kier molecular flexibility index (Phi) is 5.60. The van der Waals surface area contributed by atoms with Gasteiger partial charge in [0, 0.05) is 18.3 Å². The minimum Gasteiger partial charge on any atom is -0.479 e. The number of carbonyl (C=O) groups excluding carboxylic acids is 2. The maximum absolute atomic E-state index is 13.0. The molecule has 7 heteroatoms. The van der Waals surface area contributed by atoms with Crippen molar-refractivity contribution in [2.24, 2.45) is 0 Å². The van der Waals surface area contributed by atoms with Gasteiger partial charge < -0.3 is 15.3 Å². The van der Waals surface area contributed by atoms with E-state index in [1.54, 1.807) is 43.4 Å². The van der Waals surface area contributed by atoms with Crippen LogP contribution in [0.4, 0.5) is 5.69 Å². The van der Waals surface area contributed by atoms with Gasteiger partial charge in [0.15, 0.2) is 0 Å². The highest BCUT2D eigenvalue weighted by atomic mass is 32.1. The number of anilines is 1. The molecule has 2 aromatic rings. The Labute approximate surface area is 161 Å². The van der Waals surface area contributed by atoms with Crippen LogP contribution in [0.15, 0.2) is 41.8 Å². The lowest BCUT2D eigenvalue weighted by atomic mass is 9.80. The molecule has 0 atom stereocenters. The van der Waals surface area contributed by atoms with E-state index in [0.29, 0.717) is 29.0 Å². The Hall–Kier alpha value is -2.67. The molecule has 1 fully saturated rings. The molecule has 1 aromatic heterocycles. The zero-order valence-corrected chi connectivity index (χ0v) is 15.9. The molecule has 0 spiro atoms. The number of carboxylic acids is 1. The van der Waals surface area contributed by atoms with Crippen molar-refractivity contribution in [3.05, 3.63) is 52.2 Å².